The second kappa shape index (κ2) is 6.00. The van der Waals surface area contributed by atoms with Gasteiger partial charge in [0, 0.05) is 13.1 Å². The van der Waals surface area contributed by atoms with Crippen molar-refractivity contribution in [1.82, 2.24) is 9.62 Å². The molecule has 102 valence electrons. The van der Waals surface area contributed by atoms with Gasteiger partial charge in [0.05, 0.1) is 10.6 Å². The van der Waals surface area contributed by atoms with E-state index in [0.717, 1.165) is 0 Å². The lowest BCUT2D eigenvalue weighted by molar-refractivity contribution is -0.123. The quantitative estimate of drug-likeness (QED) is 0.815. The van der Waals surface area contributed by atoms with E-state index in [4.69, 9.17) is 12.2 Å². The second-order valence-electron chi connectivity index (χ2n) is 3.81. The Labute approximate surface area is 121 Å². The molecule has 0 unspecified atom stereocenters. The van der Waals surface area contributed by atoms with Crippen LogP contribution in [0.1, 0.15) is 0 Å². The number of nitrogens with zero attached hydrogens (tertiary/aromatic N) is 1. The van der Waals surface area contributed by atoms with Crippen LogP contribution in [0.5, 0.6) is 0 Å². The summed E-state index contributed by atoms with van der Waals surface area (Å²) in [6, 6.07) is 8.10. The molecular formula is C11H12N2O3S3. The molecule has 1 fully saturated rings. The van der Waals surface area contributed by atoms with Crippen LogP contribution in [-0.4, -0.2) is 42.4 Å². The molecule has 19 heavy (non-hydrogen) atoms. The molecule has 0 atom stereocenters. The summed E-state index contributed by atoms with van der Waals surface area (Å²) in [6.07, 6.45) is 0. The van der Waals surface area contributed by atoms with E-state index in [2.05, 4.69) is 4.72 Å². The van der Waals surface area contributed by atoms with Crippen molar-refractivity contribution in [3.05, 3.63) is 30.3 Å². The molecule has 1 aromatic carbocycles. The van der Waals surface area contributed by atoms with Gasteiger partial charge >= 0.3 is 0 Å². The fourth-order valence-electron chi connectivity index (χ4n) is 1.57. The van der Waals surface area contributed by atoms with Crippen molar-refractivity contribution in [3.63, 3.8) is 0 Å². The first kappa shape index (κ1) is 14.4. The average Bonchev–Trinajstić information content (AvgIpc) is 2.71. The van der Waals surface area contributed by atoms with E-state index in [-0.39, 0.29) is 23.9 Å². The normalized spacial score (nSPS) is 16.1. The first-order valence-electron chi connectivity index (χ1n) is 5.52. The zero-order valence-electron chi connectivity index (χ0n) is 9.90. The Morgan fingerprint density at radius 3 is 2.58 bits per heavy atom. The third-order valence-corrected chi connectivity index (χ3v) is 5.43. The van der Waals surface area contributed by atoms with Gasteiger partial charge in [0.15, 0.2) is 0 Å². The summed E-state index contributed by atoms with van der Waals surface area (Å²) in [5, 5.41) is 0. The number of hydrogen-bond acceptors (Lipinski definition) is 5. The second-order valence-corrected chi connectivity index (χ2v) is 7.19. The number of sulfonamides is 1. The maximum Gasteiger partial charge on any atom is 0.240 e. The summed E-state index contributed by atoms with van der Waals surface area (Å²) < 4.78 is 26.8. The summed E-state index contributed by atoms with van der Waals surface area (Å²) in [5.74, 6) is 0.262. The maximum absolute atomic E-state index is 11.9. The predicted molar refractivity (Wildman–Crippen MR) is 78.4 cm³/mol. The Balaban J connectivity index is 1.93. The van der Waals surface area contributed by atoms with Crippen LogP contribution < -0.4 is 4.72 Å². The Hall–Kier alpha value is -0.960. The number of thiocarbonyl (C=S) groups is 1. The molecule has 8 heteroatoms. The van der Waals surface area contributed by atoms with Gasteiger partial charge in [-0.15, -0.1) is 0 Å². The predicted octanol–water partition coefficient (Wildman–Crippen LogP) is 0.825. The Kier molecular flexibility index (Phi) is 4.56. The molecule has 1 amide bonds. The van der Waals surface area contributed by atoms with Gasteiger partial charge < -0.3 is 0 Å². The van der Waals surface area contributed by atoms with E-state index in [1.54, 1.807) is 18.2 Å². The van der Waals surface area contributed by atoms with E-state index in [1.165, 1.54) is 28.8 Å². The largest absolute Gasteiger partial charge is 0.296 e. The Morgan fingerprint density at radius 1 is 1.32 bits per heavy atom. The Bertz CT molecular complexity index is 570. The average molecular weight is 316 g/mol. The number of benzene rings is 1. The molecule has 1 N–H and O–H groups in total. The monoisotopic (exact) mass is 316 g/mol. The van der Waals surface area contributed by atoms with Crippen LogP contribution in [0, 0.1) is 0 Å². The molecule has 0 spiro atoms. The van der Waals surface area contributed by atoms with Gasteiger partial charge in [-0.1, -0.05) is 42.2 Å². The third kappa shape index (κ3) is 3.53. The standard InChI is InChI=1S/C11H12N2O3S3/c14-10-8-18-11(17)13(10)7-6-12-19(15,16)9-4-2-1-3-5-9/h1-5,12H,6-8H2. The number of carbonyl (C=O) groups is 1. The lowest BCUT2D eigenvalue weighted by Gasteiger charge is -2.15. The van der Waals surface area contributed by atoms with Gasteiger partial charge in [0.1, 0.15) is 4.32 Å². The minimum Gasteiger partial charge on any atom is -0.296 e. The number of thioether (sulfide) groups is 1. The van der Waals surface area contributed by atoms with E-state index < -0.39 is 10.0 Å². The zero-order valence-corrected chi connectivity index (χ0v) is 12.4. The van der Waals surface area contributed by atoms with Gasteiger partial charge in [-0.05, 0) is 12.1 Å². The van der Waals surface area contributed by atoms with Crippen LogP contribution in [0.4, 0.5) is 0 Å². The lowest BCUT2D eigenvalue weighted by atomic mass is 10.4. The van der Waals surface area contributed by atoms with Crippen molar-refractivity contribution < 1.29 is 13.2 Å². The molecule has 1 heterocycles. The highest BCUT2D eigenvalue weighted by Gasteiger charge is 2.26. The van der Waals surface area contributed by atoms with E-state index in [0.29, 0.717) is 10.1 Å². The minimum absolute atomic E-state index is 0.0751. The molecule has 0 bridgehead atoms. The molecule has 2 rings (SSSR count). The number of carbonyl (C=O) groups excluding carboxylic acids is 1. The molecule has 5 nitrogen and oxygen atoms in total. The first-order valence-corrected chi connectivity index (χ1v) is 8.40. The lowest BCUT2D eigenvalue weighted by Crippen LogP contribution is -2.37. The molecule has 1 aliphatic rings. The van der Waals surface area contributed by atoms with Crippen molar-refractivity contribution >= 4 is 44.2 Å². The first-order chi connectivity index (χ1) is 9.00. The van der Waals surface area contributed by atoms with Gasteiger partial charge in [0.25, 0.3) is 0 Å². The fourth-order valence-corrected chi connectivity index (χ4v) is 3.74. The van der Waals surface area contributed by atoms with Crippen LogP contribution in [0.3, 0.4) is 0 Å². The molecule has 1 aromatic rings. The van der Waals surface area contributed by atoms with E-state index in [1.807, 2.05) is 0 Å². The highest BCUT2D eigenvalue weighted by atomic mass is 32.2. The maximum atomic E-state index is 11.9. The molecule has 1 aliphatic heterocycles. The van der Waals surface area contributed by atoms with Crippen LogP contribution in [-0.2, 0) is 14.8 Å². The smallest absolute Gasteiger partial charge is 0.240 e. The number of amides is 1. The molecular weight excluding hydrogens is 304 g/mol. The highest BCUT2D eigenvalue weighted by molar-refractivity contribution is 8.23. The number of rotatable bonds is 5. The summed E-state index contributed by atoms with van der Waals surface area (Å²) in [7, 11) is -3.52. The van der Waals surface area contributed by atoms with Gasteiger partial charge in [-0.3, -0.25) is 9.69 Å². The summed E-state index contributed by atoms with van der Waals surface area (Å²) >= 11 is 6.31. The van der Waals surface area contributed by atoms with E-state index in [9.17, 15) is 13.2 Å². The zero-order chi connectivity index (χ0) is 13.9. The van der Waals surface area contributed by atoms with E-state index >= 15 is 0 Å². The minimum atomic E-state index is -3.52. The number of hydrogen-bond donors (Lipinski definition) is 1. The van der Waals surface area contributed by atoms with Crippen molar-refractivity contribution in [2.45, 2.75) is 4.90 Å². The SMILES string of the molecule is O=C1CSC(=S)N1CCNS(=O)(=O)c1ccccc1. The Morgan fingerprint density at radius 2 is 2.00 bits per heavy atom. The summed E-state index contributed by atoms with van der Waals surface area (Å²) in [5.41, 5.74) is 0. The van der Waals surface area contributed by atoms with Gasteiger partial charge in [-0.25, -0.2) is 13.1 Å². The summed E-state index contributed by atoms with van der Waals surface area (Å²) in [4.78, 5) is 13.1. The van der Waals surface area contributed by atoms with Crippen LogP contribution in [0.25, 0.3) is 0 Å². The number of nitrogens with one attached hydrogen (secondary N) is 1. The molecule has 0 aromatic heterocycles. The molecule has 0 aliphatic carbocycles. The molecule has 0 radical (unpaired) electrons. The highest BCUT2D eigenvalue weighted by Crippen LogP contribution is 2.18. The van der Waals surface area contributed by atoms with Crippen LogP contribution in [0.15, 0.2) is 35.2 Å². The molecule has 0 saturated carbocycles. The van der Waals surface area contributed by atoms with Gasteiger partial charge in [0.2, 0.25) is 15.9 Å². The topological polar surface area (TPSA) is 66.5 Å². The third-order valence-electron chi connectivity index (χ3n) is 2.52. The van der Waals surface area contributed by atoms with Crippen LogP contribution >= 0.6 is 24.0 Å². The van der Waals surface area contributed by atoms with Crippen LogP contribution in [0.2, 0.25) is 0 Å². The van der Waals surface area contributed by atoms with Crippen molar-refractivity contribution in [3.8, 4) is 0 Å². The van der Waals surface area contributed by atoms with Crippen molar-refractivity contribution in [2.75, 3.05) is 18.8 Å². The summed E-state index contributed by atoms with van der Waals surface area (Å²) in [6.45, 7) is 0.403. The van der Waals surface area contributed by atoms with Crippen molar-refractivity contribution in [2.24, 2.45) is 0 Å². The van der Waals surface area contributed by atoms with Gasteiger partial charge in [-0.2, -0.15) is 0 Å². The molecule has 1 saturated heterocycles. The fraction of sp³-hybridized carbons (Fsp3) is 0.273. The van der Waals surface area contributed by atoms with Crippen molar-refractivity contribution in [1.29, 1.82) is 0 Å².